The Morgan fingerprint density at radius 3 is 1.80 bits per heavy atom. The predicted molar refractivity (Wildman–Crippen MR) is 229 cm³/mol. The smallest absolute Gasteiger partial charge is 0.143 e. The molecule has 0 aliphatic rings. The molecule has 1 heterocycles. The highest BCUT2D eigenvalue weighted by Gasteiger charge is 2.21. The lowest BCUT2D eigenvalue weighted by Gasteiger charge is -2.29. The Kier molecular flexibility index (Phi) is 6.90. The Hall–Kier alpha value is -7.16. The van der Waals surface area contributed by atoms with E-state index >= 15 is 0 Å². The van der Waals surface area contributed by atoms with E-state index in [0.29, 0.717) is 0 Å². The van der Waals surface area contributed by atoms with Crippen LogP contribution in [-0.2, 0) is 0 Å². The van der Waals surface area contributed by atoms with E-state index in [-0.39, 0.29) is 0 Å². The molecule has 0 saturated carbocycles. The summed E-state index contributed by atoms with van der Waals surface area (Å²) in [5.74, 6) is 0. The molecule has 0 atom stereocenters. The lowest BCUT2D eigenvalue weighted by molar-refractivity contribution is 0.672. The standard InChI is InChI=1S/C52H33NO/c1-2-13-37-31-38(22-21-34(37)11-1)35-23-27-41(28-24-35)53(50-33-39-14-4-5-15-42(39)45-18-7-8-19-46(45)50)49-20-10-9-16-43(49)40-26-30-51-48(32-40)47-29-25-36-12-3-6-17-44(36)52(47)54-51/h1-33H. The van der Waals surface area contributed by atoms with E-state index in [9.17, 15) is 0 Å². The monoisotopic (exact) mass is 687 g/mol. The van der Waals surface area contributed by atoms with Crippen LogP contribution in [0.15, 0.2) is 205 Å². The van der Waals surface area contributed by atoms with Crippen molar-refractivity contribution in [1.82, 2.24) is 0 Å². The molecule has 0 radical (unpaired) electrons. The molecule has 10 aromatic carbocycles. The van der Waals surface area contributed by atoms with Gasteiger partial charge < -0.3 is 9.32 Å². The largest absolute Gasteiger partial charge is 0.455 e. The maximum atomic E-state index is 6.52. The first-order valence-electron chi connectivity index (χ1n) is 18.5. The van der Waals surface area contributed by atoms with Crippen molar-refractivity contribution in [2.45, 2.75) is 0 Å². The van der Waals surface area contributed by atoms with Crippen LogP contribution in [0.4, 0.5) is 17.1 Å². The second-order valence-electron chi connectivity index (χ2n) is 14.1. The average Bonchev–Trinajstić information content (AvgIpc) is 3.63. The van der Waals surface area contributed by atoms with Gasteiger partial charge in [0.1, 0.15) is 11.2 Å². The topological polar surface area (TPSA) is 16.4 Å². The Morgan fingerprint density at radius 1 is 0.315 bits per heavy atom. The van der Waals surface area contributed by atoms with Crippen LogP contribution < -0.4 is 4.90 Å². The Balaban J connectivity index is 1.12. The van der Waals surface area contributed by atoms with Gasteiger partial charge in [-0.05, 0) is 97.5 Å². The number of para-hydroxylation sites is 1. The van der Waals surface area contributed by atoms with E-state index in [1.54, 1.807) is 0 Å². The molecule has 0 spiro atoms. The molecule has 11 rings (SSSR count). The van der Waals surface area contributed by atoms with Crippen molar-refractivity contribution < 1.29 is 4.42 Å². The number of nitrogens with zero attached hydrogens (tertiary/aromatic N) is 1. The van der Waals surface area contributed by atoms with Crippen LogP contribution in [-0.4, -0.2) is 0 Å². The van der Waals surface area contributed by atoms with Crippen molar-refractivity contribution in [3.8, 4) is 22.3 Å². The van der Waals surface area contributed by atoms with Crippen molar-refractivity contribution in [1.29, 1.82) is 0 Å². The van der Waals surface area contributed by atoms with Crippen LogP contribution in [0, 0.1) is 0 Å². The third-order valence-corrected chi connectivity index (χ3v) is 11.0. The van der Waals surface area contributed by atoms with Crippen LogP contribution in [0.2, 0.25) is 0 Å². The minimum absolute atomic E-state index is 0.893. The van der Waals surface area contributed by atoms with E-state index < -0.39 is 0 Å². The fraction of sp³-hybridized carbons (Fsp3) is 0. The normalized spacial score (nSPS) is 11.7. The maximum Gasteiger partial charge on any atom is 0.143 e. The summed E-state index contributed by atoms with van der Waals surface area (Å²) in [5.41, 5.74) is 9.83. The highest BCUT2D eigenvalue weighted by Crippen LogP contribution is 2.46. The minimum Gasteiger partial charge on any atom is -0.455 e. The van der Waals surface area contributed by atoms with E-state index in [4.69, 9.17) is 4.42 Å². The lowest BCUT2D eigenvalue weighted by atomic mass is 9.96. The Labute approximate surface area is 312 Å². The van der Waals surface area contributed by atoms with Gasteiger partial charge in [-0.3, -0.25) is 0 Å². The number of hydrogen-bond donors (Lipinski definition) is 0. The molecule has 0 aliphatic carbocycles. The van der Waals surface area contributed by atoms with E-state index in [0.717, 1.165) is 55.5 Å². The molecule has 54 heavy (non-hydrogen) atoms. The van der Waals surface area contributed by atoms with Gasteiger partial charge in [-0.2, -0.15) is 0 Å². The molecular weight excluding hydrogens is 655 g/mol. The number of anilines is 3. The molecule has 2 heteroatoms. The molecule has 0 N–H and O–H groups in total. The van der Waals surface area contributed by atoms with Crippen molar-refractivity contribution in [3.63, 3.8) is 0 Å². The zero-order valence-corrected chi connectivity index (χ0v) is 29.4. The van der Waals surface area contributed by atoms with Crippen molar-refractivity contribution >= 4 is 82.1 Å². The second-order valence-corrected chi connectivity index (χ2v) is 14.1. The molecule has 1 aromatic heterocycles. The van der Waals surface area contributed by atoms with Crippen molar-refractivity contribution in [2.75, 3.05) is 4.90 Å². The minimum atomic E-state index is 0.893. The Bertz CT molecular complexity index is 3230. The summed E-state index contributed by atoms with van der Waals surface area (Å²) in [6.07, 6.45) is 0. The van der Waals surface area contributed by atoms with Crippen molar-refractivity contribution in [2.24, 2.45) is 0 Å². The second kappa shape index (κ2) is 12.2. The molecular formula is C52H33NO. The molecule has 0 amide bonds. The summed E-state index contributed by atoms with van der Waals surface area (Å²) in [5, 5.41) is 11.9. The van der Waals surface area contributed by atoms with Crippen LogP contribution in [0.5, 0.6) is 0 Å². The van der Waals surface area contributed by atoms with E-state index in [1.165, 1.54) is 48.8 Å². The summed E-state index contributed by atoms with van der Waals surface area (Å²) < 4.78 is 6.52. The maximum absolute atomic E-state index is 6.52. The molecule has 252 valence electrons. The third kappa shape index (κ3) is 4.88. The Morgan fingerprint density at radius 2 is 0.944 bits per heavy atom. The fourth-order valence-corrected chi connectivity index (χ4v) is 8.38. The SMILES string of the molecule is c1ccc(N(c2ccc(-c3ccc4ccccc4c3)cc2)c2cc3ccccc3c3ccccc23)c(-c2ccc3oc4c5ccccc5ccc4c3c2)c1. The van der Waals surface area contributed by atoms with Gasteiger partial charge in [0.25, 0.3) is 0 Å². The van der Waals surface area contributed by atoms with Crippen molar-refractivity contribution in [3.05, 3.63) is 200 Å². The quantitative estimate of drug-likeness (QED) is 0.168. The third-order valence-electron chi connectivity index (χ3n) is 11.0. The van der Waals surface area contributed by atoms with Crippen LogP contribution in [0.25, 0.3) is 87.3 Å². The number of rotatable bonds is 5. The first-order valence-corrected chi connectivity index (χ1v) is 18.5. The summed E-state index contributed by atoms with van der Waals surface area (Å²) >= 11 is 0. The first kappa shape index (κ1) is 30.5. The molecule has 2 nitrogen and oxygen atoms in total. The molecule has 0 bridgehead atoms. The molecule has 0 aliphatic heterocycles. The van der Waals surface area contributed by atoms with Gasteiger partial charge in [0.15, 0.2) is 0 Å². The van der Waals surface area contributed by atoms with Crippen LogP contribution in [0.3, 0.4) is 0 Å². The zero-order valence-electron chi connectivity index (χ0n) is 29.4. The average molecular weight is 688 g/mol. The molecule has 0 fully saturated rings. The fourth-order valence-electron chi connectivity index (χ4n) is 8.38. The summed E-state index contributed by atoms with van der Waals surface area (Å²) in [6.45, 7) is 0. The van der Waals surface area contributed by atoms with E-state index in [1.807, 2.05) is 0 Å². The summed E-state index contributed by atoms with van der Waals surface area (Å²) in [6, 6.07) is 72.4. The summed E-state index contributed by atoms with van der Waals surface area (Å²) in [4.78, 5) is 2.44. The van der Waals surface area contributed by atoms with E-state index in [2.05, 4.69) is 205 Å². The van der Waals surface area contributed by atoms with Gasteiger partial charge >= 0.3 is 0 Å². The van der Waals surface area contributed by atoms with Gasteiger partial charge in [0, 0.05) is 32.8 Å². The first-order chi connectivity index (χ1) is 26.8. The van der Waals surface area contributed by atoms with Gasteiger partial charge in [-0.1, -0.05) is 152 Å². The highest BCUT2D eigenvalue weighted by atomic mass is 16.3. The number of furan rings is 1. The summed E-state index contributed by atoms with van der Waals surface area (Å²) in [7, 11) is 0. The van der Waals surface area contributed by atoms with Gasteiger partial charge in [-0.15, -0.1) is 0 Å². The lowest BCUT2D eigenvalue weighted by Crippen LogP contribution is -2.12. The van der Waals surface area contributed by atoms with Gasteiger partial charge in [0.2, 0.25) is 0 Å². The number of fused-ring (bicyclic) bond motifs is 9. The van der Waals surface area contributed by atoms with Gasteiger partial charge in [-0.25, -0.2) is 0 Å². The van der Waals surface area contributed by atoms with Crippen LogP contribution in [0.1, 0.15) is 0 Å². The number of benzene rings is 10. The highest BCUT2D eigenvalue weighted by molar-refractivity contribution is 6.17. The predicted octanol–water partition coefficient (Wildman–Crippen LogP) is 15.0. The van der Waals surface area contributed by atoms with Crippen LogP contribution >= 0.6 is 0 Å². The molecule has 11 aromatic rings. The van der Waals surface area contributed by atoms with Gasteiger partial charge in [0.05, 0.1) is 11.4 Å². The number of hydrogen-bond acceptors (Lipinski definition) is 2. The molecule has 0 unspecified atom stereocenters. The zero-order chi connectivity index (χ0) is 35.6. The molecule has 0 saturated heterocycles.